The van der Waals surface area contributed by atoms with Crippen LogP contribution < -0.4 is 5.32 Å². The van der Waals surface area contributed by atoms with Crippen molar-refractivity contribution in [1.29, 1.82) is 0 Å². The lowest BCUT2D eigenvalue weighted by atomic mass is 9.90. The van der Waals surface area contributed by atoms with E-state index in [4.69, 9.17) is 9.47 Å². The van der Waals surface area contributed by atoms with Gasteiger partial charge in [0.1, 0.15) is 0 Å². The molecule has 1 spiro atoms. The summed E-state index contributed by atoms with van der Waals surface area (Å²) in [6.45, 7) is 5.49. The molecule has 1 aromatic rings. The fourth-order valence-corrected chi connectivity index (χ4v) is 3.87. The first-order chi connectivity index (χ1) is 9.58. The predicted octanol–water partition coefficient (Wildman–Crippen LogP) is 2.78. The molecule has 1 amide bonds. The van der Waals surface area contributed by atoms with Crippen LogP contribution in [0.1, 0.15) is 45.8 Å². The highest BCUT2D eigenvalue weighted by Crippen LogP contribution is 2.35. The minimum Gasteiger partial charge on any atom is -0.349 e. The van der Waals surface area contributed by atoms with E-state index in [1.165, 1.54) is 10.4 Å². The van der Waals surface area contributed by atoms with Crippen LogP contribution in [0.25, 0.3) is 0 Å². The molecule has 2 aliphatic rings. The molecule has 110 valence electrons. The predicted molar refractivity (Wildman–Crippen MR) is 78.2 cm³/mol. The van der Waals surface area contributed by atoms with Gasteiger partial charge < -0.3 is 14.8 Å². The lowest BCUT2D eigenvalue weighted by Crippen LogP contribution is -2.43. The number of thiophene rings is 1. The number of hydrogen-bond donors (Lipinski definition) is 1. The number of ether oxygens (including phenoxy) is 2. The van der Waals surface area contributed by atoms with E-state index >= 15 is 0 Å². The highest BCUT2D eigenvalue weighted by Gasteiger charge is 2.40. The van der Waals surface area contributed by atoms with Crippen LogP contribution in [0.2, 0.25) is 0 Å². The Balaban J connectivity index is 1.55. The van der Waals surface area contributed by atoms with Gasteiger partial charge in [-0.1, -0.05) is 0 Å². The van der Waals surface area contributed by atoms with Crippen LogP contribution in [-0.2, 0) is 9.47 Å². The van der Waals surface area contributed by atoms with E-state index in [2.05, 4.69) is 12.2 Å². The van der Waals surface area contributed by atoms with Crippen LogP contribution in [0, 0.1) is 13.8 Å². The fraction of sp³-hybridized carbons (Fsp3) is 0.667. The quantitative estimate of drug-likeness (QED) is 0.912. The molecular weight excluding hydrogens is 274 g/mol. The SMILES string of the molecule is Cc1cc(C(=O)NC2CCC3(CC2)OCCO3)sc1C. The van der Waals surface area contributed by atoms with E-state index in [-0.39, 0.29) is 17.7 Å². The van der Waals surface area contributed by atoms with Gasteiger partial charge in [0, 0.05) is 23.8 Å². The summed E-state index contributed by atoms with van der Waals surface area (Å²) in [6, 6.07) is 2.21. The van der Waals surface area contributed by atoms with Crippen molar-refractivity contribution in [2.75, 3.05) is 13.2 Å². The zero-order valence-corrected chi connectivity index (χ0v) is 12.8. The van der Waals surface area contributed by atoms with Crippen LogP contribution in [0.4, 0.5) is 0 Å². The molecule has 2 fully saturated rings. The third-order valence-electron chi connectivity index (χ3n) is 4.29. The van der Waals surface area contributed by atoms with Crippen molar-refractivity contribution in [3.63, 3.8) is 0 Å². The Morgan fingerprint density at radius 2 is 1.95 bits per heavy atom. The molecule has 2 heterocycles. The molecule has 1 saturated carbocycles. The van der Waals surface area contributed by atoms with Crippen LogP contribution in [0.15, 0.2) is 6.07 Å². The lowest BCUT2D eigenvalue weighted by Gasteiger charge is -2.35. The van der Waals surface area contributed by atoms with Gasteiger partial charge in [-0.3, -0.25) is 4.79 Å². The fourth-order valence-electron chi connectivity index (χ4n) is 2.93. The summed E-state index contributed by atoms with van der Waals surface area (Å²) < 4.78 is 11.4. The average Bonchev–Trinajstić information content (AvgIpc) is 3.01. The Hall–Kier alpha value is -0.910. The number of carbonyl (C=O) groups excluding carboxylic acids is 1. The summed E-state index contributed by atoms with van der Waals surface area (Å²) >= 11 is 1.57. The van der Waals surface area contributed by atoms with Crippen molar-refractivity contribution in [3.8, 4) is 0 Å². The Morgan fingerprint density at radius 3 is 2.50 bits per heavy atom. The number of carbonyl (C=O) groups is 1. The average molecular weight is 295 g/mol. The third kappa shape index (κ3) is 2.75. The smallest absolute Gasteiger partial charge is 0.261 e. The van der Waals surface area contributed by atoms with Crippen LogP contribution >= 0.6 is 11.3 Å². The van der Waals surface area contributed by atoms with E-state index in [1.807, 2.05) is 13.0 Å². The molecule has 5 heteroatoms. The van der Waals surface area contributed by atoms with E-state index < -0.39 is 0 Å². The minimum absolute atomic E-state index is 0.0559. The lowest BCUT2D eigenvalue weighted by molar-refractivity contribution is -0.179. The summed E-state index contributed by atoms with van der Waals surface area (Å²) in [7, 11) is 0. The largest absolute Gasteiger partial charge is 0.349 e. The van der Waals surface area contributed by atoms with Crippen molar-refractivity contribution < 1.29 is 14.3 Å². The number of nitrogens with one attached hydrogen (secondary N) is 1. The summed E-state index contributed by atoms with van der Waals surface area (Å²) in [5.41, 5.74) is 1.19. The summed E-state index contributed by atoms with van der Waals surface area (Å²) in [5, 5.41) is 3.14. The number of amides is 1. The molecule has 4 nitrogen and oxygen atoms in total. The summed E-state index contributed by atoms with van der Waals surface area (Å²) in [6.07, 6.45) is 3.60. The molecule has 0 bridgehead atoms. The van der Waals surface area contributed by atoms with Gasteiger partial charge in [0.25, 0.3) is 5.91 Å². The van der Waals surface area contributed by atoms with Gasteiger partial charge in [-0.2, -0.15) is 0 Å². The van der Waals surface area contributed by atoms with Crippen molar-refractivity contribution in [2.45, 2.75) is 51.4 Å². The maximum atomic E-state index is 12.2. The van der Waals surface area contributed by atoms with Crippen molar-refractivity contribution in [3.05, 3.63) is 21.4 Å². The molecule has 1 aliphatic heterocycles. The molecule has 0 atom stereocenters. The molecule has 3 rings (SSSR count). The Bertz CT molecular complexity index is 476. The molecule has 1 aliphatic carbocycles. The Kier molecular flexibility index (Phi) is 3.84. The van der Waals surface area contributed by atoms with Crippen LogP contribution in [-0.4, -0.2) is 30.9 Å². The zero-order valence-electron chi connectivity index (χ0n) is 12.0. The second-order valence-electron chi connectivity index (χ2n) is 5.71. The van der Waals surface area contributed by atoms with Gasteiger partial charge in [-0.15, -0.1) is 11.3 Å². The molecule has 20 heavy (non-hydrogen) atoms. The first kappa shape index (κ1) is 14.0. The molecule has 1 saturated heterocycles. The molecule has 1 aromatic heterocycles. The van der Waals surface area contributed by atoms with Crippen molar-refractivity contribution in [2.24, 2.45) is 0 Å². The van der Waals surface area contributed by atoms with E-state index in [1.54, 1.807) is 11.3 Å². The molecule has 1 N–H and O–H groups in total. The number of rotatable bonds is 2. The number of aryl methyl sites for hydroxylation is 2. The summed E-state index contributed by atoms with van der Waals surface area (Å²) in [4.78, 5) is 14.3. The molecule has 0 radical (unpaired) electrons. The summed E-state index contributed by atoms with van der Waals surface area (Å²) in [5.74, 6) is -0.294. The highest BCUT2D eigenvalue weighted by atomic mass is 32.1. The van der Waals surface area contributed by atoms with Gasteiger partial charge in [-0.25, -0.2) is 0 Å². The molecule has 0 aromatic carbocycles. The van der Waals surface area contributed by atoms with Gasteiger partial charge in [0.15, 0.2) is 5.79 Å². The molecule has 0 unspecified atom stereocenters. The van der Waals surface area contributed by atoms with Crippen LogP contribution in [0.5, 0.6) is 0 Å². The standard InChI is InChI=1S/C15H21NO3S/c1-10-9-13(20-11(10)2)14(17)16-12-3-5-15(6-4-12)18-7-8-19-15/h9,12H,3-8H2,1-2H3,(H,16,17). The third-order valence-corrected chi connectivity index (χ3v) is 5.44. The van der Waals surface area contributed by atoms with Gasteiger partial charge >= 0.3 is 0 Å². The first-order valence-corrected chi connectivity index (χ1v) is 8.05. The maximum absolute atomic E-state index is 12.2. The second kappa shape index (κ2) is 5.47. The number of hydrogen-bond acceptors (Lipinski definition) is 4. The maximum Gasteiger partial charge on any atom is 0.261 e. The van der Waals surface area contributed by atoms with Crippen LogP contribution in [0.3, 0.4) is 0 Å². The zero-order chi connectivity index (χ0) is 14.2. The highest BCUT2D eigenvalue weighted by molar-refractivity contribution is 7.14. The normalized spacial score (nSPS) is 22.3. The monoisotopic (exact) mass is 295 g/mol. The van der Waals surface area contributed by atoms with E-state index in [9.17, 15) is 4.79 Å². The van der Waals surface area contributed by atoms with Gasteiger partial charge in [0.2, 0.25) is 0 Å². The van der Waals surface area contributed by atoms with Crippen molar-refractivity contribution >= 4 is 17.2 Å². The Morgan fingerprint density at radius 1 is 1.30 bits per heavy atom. The topological polar surface area (TPSA) is 47.6 Å². The molecular formula is C15H21NO3S. The van der Waals surface area contributed by atoms with Gasteiger partial charge in [0.05, 0.1) is 18.1 Å². The Labute approximate surface area is 123 Å². The van der Waals surface area contributed by atoms with Gasteiger partial charge in [-0.05, 0) is 38.3 Å². The second-order valence-corrected chi connectivity index (χ2v) is 6.96. The first-order valence-electron chi connectivity index (χ1n) is 7.24. The van der Waals surface area contributed by atoms with E-state index in [0.29, 0.717) is 13.2 Å². The minimum atomic E-state index is -0.350. The van der Waals surface area contributed by atoms with E-state index in [0.717, 1.165) is 30.6 Å². The van der Waals surface area contributed by atoms with Crippen molar-refractivity contribution in [1.82, 2.24) is 5.32 Å².